The van der Waals surface area contributed by atoms with Crippen LogP contribution in [0.4, 0.5) is 8.78 Å². The lowest BCUT2D eigenvalue weighted by Gasteiger charge is -2.15. The quantitative estimate of drug-likeness (QED) is 0.688. The molecular formula is C18H15BF2O2. The molecule has 0 bridgehead atoms. The Labute approximate surface area is 133 Å². The first-order valence-corrected chi connectivity index (χ1v) is 7.54. The van der Waals surface area contributed by atoms with E-state index in [2.05, 4.69) is 0 Å². The van der Waals surface area contributed by atoms with Crippen LogP contribution in [0.1, 0.15) is 24.9 Å². The number of rotatable bonds is 3. The van der Waals surface area contributed by atoms with Gasteiger partial charge in [-0.15, -0.1) is 0 Å². The second kappa shape index (κ2) is 5.99. The van der Waals surface area contributed by atoms with Crippen LogP contribution in [-0.2, 0) is 0 Å². The monoisotopic (exact) mass is 312 g/mol. The molecule has 1 heterocycles. The van der Waals surface area contributed by atoms with Crippen LogP contribution in [0.25, 0.3) is 22.1 Å². The summed E-state index contributed by atoms with van der Waals surface area (Å²) in [6.45, 7) is 1.97. The van der Waals surface area contributed by atoms with Gasteiger partial charge in [0.25, 0.3) is 0 Å². The van der Waals surface area contributed by atoms with E-state index in [0.717, 1.165) is 6.42 Å². The van der Waals surface area contributed by atoms with Gasteiger partial charge in [0.05, 0.1) is 5.56 Å². The highest BCUT2D eigenvalue weighted by atomic mass is 19.1. The topological polar surface area (TPSA) is 30.2 Å². The van der Waals surface area contributed by atoms with Crippen molar-refractivity contribution in [2.45, 2.75) is 19.2 Å². The molecule has 2 nitrogen and oxygen atoms in total. The molecule has 0 saturated carbocycles. The molecule has 0 spiro atoms. The van der Waals surface area contributed by atoms with Crippen LogP contribution in [-0.4, -0.2) is 7.85 Å². The summed E-state index contributed by atoms with van der Waals surface area (Å²) in [4.78, 5) is 12.9. The molecule has 5 heteroatoms. The summed E-state index contributed by atoms with van der Waals surface area (Å²) >= 11 is 0. The molecular weight excluding hydrogens is 297 g/mol. The van der Waals surface area contributed by atoms with E-state index >= 15 is 0 Å². The smallest absolute Gasteiger partial charge is 0.203 e. The molecule has 3 rings (SSSR count). The fourth-order valence-corrected chi connectivity index (χ4v) is 2.67. The normalized spacial score (nSPS) is 12.5. The Kier molecular flexibility index (Phi) is 4.03. The SMILES string of the molecule is BC(CC)c1oc2cccc(F)c2c(=O)c1-c1cccc(F)c1. The largest absolute Gasteiger partial charge is 0.461 e. The second-order valence-corrected chi connectivity index (χ2v) is 5.60. The molecule has 2 aromatic carbocycles. The molecule has 0 amide bonds. The Bertz CT molecular complexity index is 934. The van der Waals surface area contributed by atoms with E-state index in [1.807, 2.05) is 14.8 Å². The van der Waals surface area contributed by atoms with Crippen LogP contribution in [0.15, 0.2) is 51.7 Å². The van der Waals surface area contributed by atoms with Crippen LogP contribution >= 0.6 is 0 Å². The van der Waals surface area contributed by atoms with Crippen molar-refractivity contribution >= 4 is 18.8 Å². The molecule has 0 aliphatic heterocycles. The highest BCUT2D eigenvalue weighted by molar-refractivity contribution is 6.12. The maximum atomic E-state index is 14.1. The minimum atomic E-state index is -0.635. The fourth-order valence-electron chi connectivity index (χ4n) is 2.67. The van der Waals surface area contributed by atoms with E-state index in [1.165, 1.54) is 30.3 Å². The Balaban J connectivity index is 2.44. The standard InChI is InChI=1S/C18H15BF2O2/c1-2-12(19)18-15(10-5-3-6-11(20)9-10)17(22)16-13(21)7-4-8-14(16)23-18/h3-9,12H,2,19H2,1H3. The van der Waals surface area contributed by atoms with Crippen molar-refractivity contribution in [1.82, 2.24) is 0 Å². The zero-order chi connectivity index (χ0) is 16.6. The van der Waals surface area contributed by atoms with Gasteiger partial charge in [-0.25, -0.2) is 8.78 Å². The third kappa shape index (κ3) is 2.67. The zero-order valence-corrected chi connectivity index (χ0v) is 12.9. The summed E-state index contributed by atoms with van der Waals surface area (Å²) in [6, 6.07) is 10.0. The fraction of sp³-hybridized carbons (Fsp3) is 0.167. The van der Waals surface area contributed by atoms with E-state index in [1.54, 1.807) is 12.1 Å². The van der Waals surface area contributed by atoms with Crippen LogP contribution in [0.3, 0.4) is 0 Å². The predicted octanol–water partition coefficient (Wildman–Crippen LogP) is 3.82. The molecule has 23 heavy (non-hydrogen) atoms. The number of benzene rings is 2. The number of hydrogen-bond donors (Lipinski definition) is 0. The van der Waals surface area contributed by atoms with Gasteiger partial charge in [-0.3, -0.25) is 4.79 Å². The van der Waals surface area contributed by atoms with Gasteiger partial charge in [0.2, 0.25) is 5.43 Å². The Hall–Kier alpha value is -2.43. The zero-order valence-electron chi connectivity index (χ0n) is 12.9. The van der Waals surface area contributed by atoms with E-state index in [4.69, 9.17) is 4.42 Å². The van der Waals surface area contributed by atoms with Gasteiger partial charge in [0.15, 0.2) is 0 Å². The minimum Gasteiger partial charge on any atom is -0.461 e. The van der Waals surface area contributed by atoms with Crippen LogP contribution in [0.5, 0.6) is 0 Å². The van der Waals surface area contributed by atoms with Crippen molar-refractivity contribution in [2.75, 3.05) is 0 Å². The maximum absolute atomic E-state index is 14.1. The number of hydrogen-bond acceptors (Lipinski definition) is 2. The average molecular weight is 312 g/mol. The number of halogens is 2. The first kappa shape index (κ1) is 15.5. The van der Waals surface area contributed by atoms with Crippen LogP contribution in [0, 0.1) is 11.6 Å². The van der Waals surface area contributed by atoms with Gasteiger partial charge in [0, 0.05) is 0 Å². The summed E-state index contributed by atoms with van der Waals surface area (Å²) in [5.41, 5.74) is 0.381. The van der Waals surface area contributed by atoms with Crippen molar-refractivity contribution in [3.05, 3.63) is 70.1 Å². The van der Waals surface area contributed by atoms with Crippen molar-refractivity contribution in [2.24, 2.45) is 0 Å². The Morgan fingerprint density at radius 3 is 2.61 bits per heavy atom. The van der Waals surface area contributed by atoms with Gasteiger partial charge in [-0.2, -0.15) is 0 Å². The summed E-state index contributed by atoms with van der Waals surface area (Å²) in [7, 11) is 1.92. The lowest BCUT2D eigenvalue weighted by atomic mass is 9.79. The van der Waals surface area contributed by atoms with Crippen molar-refractivity contribution in [1.29, 1.82) is 0 Å². The first-order chi connectivity index (χ1) is 11.0. The van der Waals surface area contributed by atoms with Gasteiger partial charge < -0.3 is 4.42 Å². The lowest BCUT2D eigenvalue weighted by Crippen LogP contribution is -2.13. The molecule has 116 valence electrons. The van der Waals surface area contributed by atoms with E-state index in [-0.39, 0.29) is 22.3 Å². The summed E-state index contributed by atoms with van der Waals surface area (Å²) < 4.78 is 33.5. The molecule has 1 unspecified atom stereocenters. The molecule has 0 saturated heterocycles. The highest BCUT2D eigenvalue weighted by Gasteiger charge is 2.21. The molecule has 0 N–H and O–H groups in total. The van der Waals surface area contributed by atoms with Crippen LogP contribution < -0.4 is 5.43 Å². The van der Waals surface area contributed by atoms with Crippen molar-refractivity contribution in [3.8, 4) is 11.1 Å². The van der Waals surface area contributed by atoms with Crippen molar-refractivity contribution in [3.63, 3.8) is 0 Å². The molecule has 0 radical (unpaired) electrons. The van der Waals surface area contributed by atoms with Crippen molar-refractivity contribution < 1.29 is 13.2 Å². The Morgan fingerprint density at radius 2 is 1.91 bits per heavy atom. The van der Waals surface area contributed by atoms with Gasteiger partial charge >= 0.3 is 0 Å². The third-order valence-electron chi connectivity index (χ3n) is 4.07. The summed E-state index contributed by atoms with van der Waals surface area (Å²) in [5, 5.41) is -0.0983. The van der Waals surface area contributed by atoms with Gasteiger partial charge in [0.1, 0.15) is 36.2 Å². The molecule has 1 aromatic heterocycles. The van der Waals surface area contributed by atoms with E-state index in [9.17, 15) is 13.6 Å². The van der Waals surface area contributed by atoms with Crippen LogP contribution in [0.2, 0.25) is 0 Å². The molecule has 0 aliphatic carbocycles. The molecule has 1 atom stereocenters. The van der Waals surface area contributed by atoms with E-state index < -0.39 is 17.1 Å². The van der Waals surface area contributed by atoms with E-state index in [0.29, 0.717) is 11.3 Å². The molecule has 0 fully saturated rings. The molecule has 0 aliphatic rings. The maximum Gasteiger partial charge on any atom is 0.203 e. The highest BCUT2D eigenvalue weighted by Crippen LogP contribution is 2.31. The minimum absolute atomic E-state index is 0.0476. The number of fused-ring (bicyclic) bond motifs is 1. The first-order valence-electron chi connectivity index (χ1n) is 7.54. The third-order valence-corrected chi connectivity index (χ3v) is 4.07. The average Bonchev–Trinajstić information content (AvgIpc) is 2.53. The van der Waals surface area contributed by atoms with Gasteiger partial charge in [-0.05, 0) is 35.6 Å². The summed E-state index contributed by atoms with van der Waals surface area (Å²) in [5.74, 6) is -0.676. The Morgan fingerprint density at radius 1 is 1.17 bits per heavy atom. The lowest BCUT2D eigenvalue weighted by molar-refractivity contribution is 0.523. The molecule has 3 aromatic rings. The van der Waals surface area contributed by atoms with Gasteiger partial charge in [-0.1, -0.05) is 31.5 Å². The predicted molar refractivity (Wildman–Crippen MR) is 89.4 cm³/mol. The summed E-state index contributed by atoms with van der Waals surface area (Å²) in [6.07, 6.45) is 0.742. The second-order valence-electron chi connectivity index (χ2n) is 5.60.